The molecule has 0 bridgehead atoms. The summed E-state index contributed by atoms with van der Waals surface area (Å²) in [6, 6.07) is 3.90. The zero-order chi connectivity index (χ0) is 17.7. The van der Waals surface area contributed by atoms with Gasteiger partial charge < -0.3 is 19.7 Å². The van der Waals surface area contributed by atoms with Crippen LogP contribution in [0.1, 0.15) is 44.6 Å². The maximum atomic E-state index is 12.7. The Morgan fingerprint density at radius 1 is 1.17 bits per heavy atom. The standard InChI is InChI=1S/C19H30N2O3/c1-13-11-17(23-4)18(24-5)12-16(13)20-14(2)19(22)21(3)15-9-7-6-8-10-15/h11-12,14-15,20H,6-10H2,1-5H3/t14-/m1/s1. The van der Waals surface area contributed by atoms with Gasteiger partial charge in [0.2, 0.25) is 5.91 Å². The largest absolute Gasteiger partial charge is 0.493 e. The molecular formula is C19H30N2O3. The number of likely N-dealkylation sites (N-methyl/N-ethyl adjacent to an activating group) is 1. The van der Waals surface area contributed by atoms with Crippen molar-refractivity contribution in [2.45, 2.75) is 58.0 Å². The molecule has 1 aliphatic carbocycles. The second-order valence-corrected chi connectivity index (χ2v) is 6.63. The van der Waals surface area contributed by atoms with Crippen molar-refractivity contribution in [1.82, 2.24) is 4.90 Å². The van der Waals surface area contributed by atoms with E-state index in [9.17, 15) is 4.79 Å². The van der Waals surface area contributed by atoms with Crippen molar-refractivity contribution in [2.75, 3.05) is 26.6 Å². The summed E-state index contributed by atoms with van der Waals surface area (Å²) in [7, 11) is 5.16. The van der Waals surface area contributed by atoms with Crippen LogP contribution in [0.15, 0.2) is 12.1 Å². The van der Waals surface area contributed by atoms with E-state index in [1.165, 1.54) is 19.3 Å². The van der Waals surface area contributed by atoms with Crippen molar-refractivity contribution < 1.29 is 14.3 Å². The molecule has 134 valence electrons. The van der Waals surface area contributed by atoms with Gasteiger partial charge in [0.05, 0.1) is 14.2 Å². The maximum Gasteiger partial charge on any atom is 0.244 e. The molecule has 5 nitrogen and oxygen atoms in total. The van der Waals surface area contributed by atoms with Crippen LogP contribution in [-0.2, 0) is 4.79 Å². The van der Waals surface area contributed by atoms with Crippen molar-refractivity contribution in [2.24, 2.45) is 0 Å². The van der Waals surface area contributed by atoms with Gasteiger partial charge in [-0.1, -0.05) is 19.3 Å². The topological polar surface area (TPSA) is 50.8 Å². The number of amides is 1. The molecule has 2 rings (SSSR count). The fourth-order valence-corrected chi connectivity index (χ4v) is 3.38. The van der Waals surface area contributed by atoms with Crippen LogP contribution in [0.5, 0.6) is 11.5 Å². The first-order chi connectivity index (χ1) is 11.5. The normalized spacial score (nSPS) is 16.4. The Kier molecular flexibility index (Phi) is 6.35. The number of nitrogens with one attached hydrogen (secondary N) is 1. The summed E-state index contributed by atoms with van der Waals surface area (Å²) in [5.41, 5.74) is 1.91. The zero-order valence-electron chi connectivity index (χ0n) is 15.5. The van der Waals surface area contributed by atoms with Crippen molar-refractivity contribution in [1.29, 1.82) is 0 Å². The summed E-state index contributed by atoms with van der Waals surface area (Å²) in [6.45, 7) is 3.91. The van der Waals surface area contributed by atoms with Crippen LogP contribution < -0.4 is 14.8 Å². The number of nitrogens with zero attached hydrogens (tertiary/aromatic N) is 1. The van der Waals surface area contributed by atoms with Gasteiger partial charge in [0.15, 0.2) is 11.5 Å². The number of carbonyl (C=O) groups excluding carboxylic acids is 1. The molecule has 1 amide bonds. The highest BCUT2D eigenvalue weighted by Gasteiger charge is 2.26. The molecule has 1 aromatic rings. The molecule has 0 unspecified atom stereocenters. The summed E-state index contributed by atoms with van der Waals surface area (Å²) in [5, 5.41) is 3.33. The number of hydrogen-bond acceptors (Lipinski definition) is 4. The molecule has 0 aliphatic heterocycles. The molecule has 0 saturated heterocycles. The highest BCUT2D eigenvalue weighted by atomic mass is 16.5. The van der Waals surface area contributed by atoms with Crippen LogP contribution in [0.2, 0.25) is 0 Å². The molecule has 0 radical (unpaired) electrons. The lowest BCUT2D eigenvalue weighted by molar-refractivity contribution is -0.133. The number of carbonyl (C=O) groups is 1. The van der Waals surface area contributed by atoms with E-state index in [1.807, 2.05) is 37.9 Å². The molecule has 24 heavy (non-hydrogen) atoms. The van der Waals surface area contributed by atoms with E-state index < -0.39 is 0 Å². The van der Waals surface area contributed by atoms with Crippen LogP contribution in [0.3, 0.4) is 0 Å². The molecule has 5 heteroatoms. The van der Waals surface area contributed by atoms with Crippen molar-refractivity contribution >= 4 is 11.6 Å². The Bertz CT molecular complexity index is 568. The number of aryl methyl sites for hydroxylation is 1. The minimum Gasteiger partial charge on any atom is -0.493 e. The van der Waals surface area contributed by atoms with Crippen molar-refractivity contribution in [3.05, 3.63) is 17.7 Å². The van der Waals surface area contributed by atoms with Gasteiger partial charge in [-0.3, -0.25) is 4.79 Å². The third-order valence-electron chi connectivity index (χ3n) is 4.94. The monoisotopic (exact) mass is 334 g/mol. The third kappa shape index (κ3) is 4.13. The lowest BCUT2D eigenvalue weighted by Gasteiger charge is -2.33. The van der Waals surface area contributed by atoms with Crippen LogP contribution in [0, 0.1) is 6.92 Å². The molecule has 1 atom stereocenters. The molecule has 0 aromatic heterocycles. The van der Waals surface area contributed by atoms with E-state index in [2.05, 4.69) is 5.32 Å². The second-order valence-electron chi connectivity index (χ2n) is 6.63. The van der Waals surface area contributed by atoms with Crippen LogP contribution in [0.4, 0.5) is 5.69 Å². The minimum absolute atomic E-state index is 0.135. The summed E-state index contributed by atoms with van der Waals surface area (Å²) < 4.78 is 10.7. The van der Waals surface area contributed by atoms with E-state index in [0.29, 0.717) is 17.5 Å². The number of ether oxygens (including phenoxy) is 2. The molecule has 1 N–H and O–H groups in total. The smallest absolute Gasteiger partial charge is 0.244 e. The summed E-state index contributed by atoms with van der Waals surface area (Å²) in [5.74, 6) is 1.49. The van der Waals surface area contributed by atoms with Gasteiger partial charge in [0.25, 0.3) is 0 Å². The Balaban J connectivity index is 2.07. The molecule has 1 fully saturated rings. The SMILES string of the molecule is COc1cc(C)c(N[C@H](C)C(=O)N(C)C2CCCCC2)cc1OC. The van der Waals surface area contributed by atoms with Crippen molar-refractivity contribution in [3.8, 4) is 11.5 Å². The zero-order valence-corrected chi connectivity index (χ0v) is 15.5. The van der Waals surface area contributed by atoms with E-state index in [1.54, 1.807) is 14.2 Å². The van der Waals surface area contributed by atoms with E-state index in [-0.39, 0.29) is 11.9 Å². The number of methoxy groups -OCH3 is 2. The molecule has 1 saturated carbocycles. The van der Waals surface area contributed by atoms with Crippen LogP contribution in [0.25, 0.3) is 0 Å². The molecule has 0 heterocycles. The fraction of sp³-hybridized carbons (Fsp3) is 0.632. The first kappa shape index (κ1) is 18.4. The van der Waals surface area contributed by atoms with Gasteiger partial charge in [-0.05, 0) is 38.3 Å². The average Bonchev–Trinajstić information content (AvgIpc) is 2.62. The molecule has 0 spiro atoms. The molecule has 1 aromatic carbocycles. The Labute approximate surface area is 145 Å². The first-order valence-electron chi connectivity index (χ1n) is 8.73. The average molecular weight is 334 g/mol. The van der Waals surface area contributed by atoms with E-state index in [0.717, 1.165) is 24.1 Å². The Morgan fingerprint density at radius 2 is 1.75 bits per heavy atom. The Hall–Kier alpha value is -1.91. The highest BCUT2D eigenvalue weighted by Crippen LogP contribution is 2.33. The number of rotatable bonds is 6. The second kappa shape index (κ2) is 8.27. The van der Waals surface area contributed by atoms with Crippen LogP contribution >= 0.6 is 0 Å². The highest BCUT2D eigenvalue weighted by molar-refractivity contribution is 5.84. The Morgan fingerprint density at radius 3 is 2.33 bits per heavy atom. The van der Waals surface area contributed by atoms with E-state index in [4.69, 9.17) is 9.47 Å². The van der Waals surface area contributed by atoms with Crippen molar-refractivity contribution in [3.63, 3.8) is 0 Å². The van der Waals surface area contributed by atoms with E-state index >= 15 is 0 Å². The lowest BCUT2D eigenvalue weighted by Crippen LogP contribution is -2.45. The number of anilines is 1. The van der Waals surface area contributed by atoms with Gasteiger partial charge in [-0.25, -0.2) is 0 Å². The van der Waals surface area contributed by atoms with Gasteiger partial charge >= 0.3 is 0 Å². The maximum absolute atomic E-state index is 12.7. The minimum atomic E-state index is -0.284. The summed E-state index contributed by atoms with van der Waals surface area (Å²) >= 11 is 0. The summed E-state index contributed by atoms with van der Waals surface area (Å²) in [4.78, 5) is 14.7. The quantitative estimate of drug-likeness (QED) is 0.863. The first-order valence-corrected chi connectivity index (χ1v) is 8.73. The van der Waals surface area contributed by atoms with Gasteiger partial charge in [0, 0.05) is 24.8 Å². The van der Waals surface area contributed by atoms with Gasteiger partial charge in [0.1, 0.15) is 6.04 Å². The predicted octanol–water partition coefficient (Wildman–Crippen LogP) is 3.60. The molecule has 1 aliphatic rings. The fourth-order valence-electron chi connectivity index (χ4n) is 3.38. The van der Waals surface area contributed by atoms with Crippen LogP contribution in [-0.4, -0.2) is 44.2 Å². The lowest BCUT2D eigenvalue weighted by atomic mass is 9.94. The third-order valence-corrected chi connectivity index (χ3v) is 4.94. The predicted molar refractivity (Wildman–Crippen MR) is 97.0 cm³/mol. The summed E-state index contributed by atoms with van der Waals surface area (Å²) in [6.07, 6.45) is 5.96. The van der Waals surface area contributed by atoms with Gasteiger partial charge in [-0.15, -0.1) is 0 Å². The van der Waals surface area contributed by atoms with Gasteiger partial charge in [-0.2, -0.15) is 0 Å². The number of benzene rings is 1. The number of hydrogen-bond donors (Lipinski definition) is 1. The molecular weight excluding hydrogens is 304 g/mol.